The molecule has 0 unspecified atom stereocenters. The molecule has 4 aromatic carbocycles. The molecule has 8 N–H and O–H groups in total. The van der Waals surface area contributed by atoms with E-state index in [4.69, 9.17) is 41.5 Å². The van der Waals surface area contributed by atoms with Crippen molar-refractivity contribution in [3.05, 3.63) is 189 Å². The lowest BCUT2D eigenvalue weighted by atomic mass is 9.89. The Balaban J connectivity index is 0.000000251. The van der Waals surface area contributed by atoms with Gasteiger partial charge in [0.2, 0.25) is 0 Å². The molecule has 0 atom stereocenters. The van der Waals surface area contributed by atoms with Crippen LogP contribution >= 0.6 is 0 Å². The van der Waals surface area contributed by atoms with Crippen LogP contribution in [0.1, 0.15) is 118 Å². The number of aromatic nitrogens is 2. The van der Waals surface area contributed by atoms with Gasteiger partial charge in [0, 0.05) is 71.2 Å². The summed E-state index contributed by atoms with van der Waals surface area (Å²) in [5.41, 5.74) is 23.5. The molecule has 6 aromatic rings. The molecule has 2 aliphatic rings. The normalized spacial score (nSPS) is 11.9. The molecule has 75 heavy (non-hydrogen) atoms. The minimum Gasteiger partial charge on any atom is -0.384 e. The zero-order chi connectivity index (χ0) is 54.8. The van der Waals surface area contributed by atoms with Gasteiger partial charge in [-0.25, -0.2) is 4.98 Å². The second-order valence-corrected chi connectivity index (χ2v) is 18.1. The van der Waals surface area contributed by atoms with E-state index in [9.17, 15) is 19.2 Å². The number of ketones is 2. The van der Waals surface area contributed by atoms with Crippen LogP contribution < -0.4 is 22.1 Å². The van der Waals surface area contributed by atoms with Crippen molar-refractivity contribution >= 4 is 59.5 Å². The van der Waals surface area contributed by atoms with Gasteiger partial charge in [0.1, 0.15) is 23.1 Å². The van der Waals surface area contributed by atoms with Crippen molar-refractivity contribution in [3.8, 4) is 22.3 Å². The molecule has 8 rings (SSSR count). The van der Waals surface area contributed by atoms with Gasteiger partial charge in [0.25, 0.3) is 11.8 Å². The van der Waals surface area contributed by atoms with Crippen molar-refractivity contribution in [1.82, 2.24) is 20.6 Å². The van der Waals surface area contributed by atoms with E-state index in [1.54, 1.807) is 54.7 Å². The molecule has 2 aromatic heterocycles. The number of nitrogens with two attached hydrogens (primary N) is 2. The van der Waals surface area contributed by atoms with Crippen molar-refractivity contribution in [2.45, 2.75) is 59.3 Å². The Kier molecular flexibility index (Phi) is 20.3. The zero-order valence-corrected chi connectivity index (χ0v) is 42.0. The predicted octanol–water partition coefficient (Wildman–Crippen LogP) is 8.24. The summed E-state index contributed by atoms with van der Waals surface area (Å²) in [4.78, 5) is 93.1. The summed E-state index contributed by atoms with van der Waals surface area (Å²) in [5.74, 6) is 0.749. The Morgan fingerprint density at radius 1 is 0.600 bits per heavy atom. The standard InChI is InChI=1S/C29H30N4O2.C28H28N4O2.2CO2/c1-4-21-15-25(27(34)14-19-7-9-22(10-8-19)28(30)31)24(13-17(21)2)23-11-12-26(33-18(23)3)29(35)32-16-20-5-6-20;1-3-20-14-24(26(33)13-18-6-8-21(9-7-18)27(29)30)23(12-17(20)2)22-10-11-25(31-16-22)28(34)32-15-19-4-5-19;2*2-1-3/h4,7-13,15,20H,1,5-6,14,16H2,2-3H3,(H3,30,31)(H,32,35);3,6-12,14,16,19H,1,4-5,13,15H2,2H3,(H3,29,30)(H,32,34);;. The van der Waals surface area contributed by atoms with Gasteiger partial charge >= 0.3 is 12.3 Å². The number of nitrogen functional groups attached to an aromatic ring is 2. The fourth-order valence-corrected chi connectivity index (χ4v) is 7.94. The maximum Gasteiger partial charge on any atom is 0.373 e. The average molecular weight is 1010 g/mol. The van der Waals surface area contributed by atoms with Crippen LogP contribution in [-0.4, -0.2) is 70.4 Å². The van der Waals surface area contributed by atoms with Crippen molar-refractivity contribution in [2.75, 3.05) is 13.1 Å². The van der Waals surface area contributed by atoms with Crippen molar-refractivity contribution in [3.63, 3.8) is 0 Å². The van der Waals surface area contributed by atoms with E-state index >= 15 is 0 Å². The quantitative estimate of drug-likeness (QED) is 0.0270. The first-order chi connectivity index (χ1) is 35.9. The SMILES string of the molecule is C=Cc1cc(C(=O)Cc2ccc(C(=N)N)cc2)c(-c2ccc(C(=O)NCC3CC3)nc2)cc1C.C=Cc1cc(C(=O)Cc2ccc(C(=N)N)cc2)c(-c2ccc(C(=O)NCC3CC3)nc2C)cc1C.O=C=O.O=C=O. The van der Waals surface area contributed by atoms with E-state index in [1.165, 1.54) is 25.7 Å². The van der Waals surface area contributed by atoms with Crippen LogP contribution in [0.5, 0.6) is 0 Å². The van der Waals surface area contributed by atoms with E-state index in [1.807, 2.05) is 81.4 Å². The third-order valence-electron chi connectivity index (χ3n) is 12.5. The maximum atomic E-state index is 13.5. The molecule has 0 saturated heterocycles. The summed E-state index contributed by atoms with van der Waals surface area (Å²) >= 11 is 0. The number of hydrogen-bond acceptors (Lipinski definition) is 12. The smallest absolute Gasteiger partial charge is 0.373 e. The van der Waals surface area contributed by atoms with Crippen LogP contribution in [0.3, 0.4) is 0 Å². The highest BCUT2D eigenvalue weighted by atomic mass is 16.2. The van der Waals surface area contributed by atoms with E-state index in [2.05, 4.69) is 33.8 Å². The predicted molar refractivity (Wildman–Crippen MR) is 285 cm³/mol. The number of amidine groups is 2. The molecule has 0 spiro atoms. The number of amides is 2. The molecule has 2 fully saturated rings. The van der Waals surface area contributed by atoms with Crippen molar-refractivity contribution < 1.29 is 38.4 Å². The maximum absolute atomic E-state index is 13.5. The van der Waals surface area contributed by atoms with Gasteiger partial charge < -0.3 is 22.1 Å². The van der Waals surface area contributed by atoms with Gasteiger partial charge in [-0.3, -0.25) is 35.0 Å². The number of Topliss-reactive ketones (excluding diaryl/α,β-unsaturated/α-hetero) is 2. The number of rotatable bonds is 18. The Bertz CT molecular complexity index is 3190. The third-order valence-corrected chi connectivity index (χ3v) is 12.5. The van der Waals surface area contributed by atoms with Crippen LogP contribution in [0.15, 0.2) is 116 Å². The first-order valence-corrected chi connectivity index (χ1v) is 23.9. The Hall–Kier alpha value is -9.36. The molecular formula is C59H58N8O8. The summed E-state index contributed by atoms with van der Waals surface area (Å²) in [5, 5.41) is 21.0. The monoisotopic (exact) mass is 1010 g/mol. The van der Waals surface area contributed by atoms with Gasteiger partial charge in [-0.1, -0.05) is 98.1 Å². The summed E-state index contributed by atoms with van der Waals surface area (Å²) in [6, 6.07) is 29.0. The second-order valence-electron chi connectivity index (χ2n) is 18.1. The largest absolute Gasteiger partial charge is 0.384 e. The van der Waals surface area contributed by atoms with Gasteiger partial charge in [-0.2, -0.15) is 19.2 Å². The number of carbonyl (C=O) groups excluding carboxylic acids is 8. The molecule has 2 amide bonds. The number of pyridine rings is 2. The number of nitrogens with one attached hydrogen (secondary N) is 4. The lowest BCUT2D eigenvalue weighted by Crippen LogP contribution is -2.26. The molecule has 2 saturated carbocycles. The van der Waals surface area contributed by atoms with E-state index in [0.717, 1.165) is 55.6 Å². The highest BCUT2D eigenvalue weighted by Crippen LogP contribution is 2.33. The van der Waals surface area contributed by atoms with E-state index in [-0.39, 0.29) is 60.2 Å². The first kappa shape index (κ1) is 56.6. The molecule has 2 heterocycles. The van der Waals surface area contributed by atoms with Crippen LogP contribution in [0.2, 0.25) is 0 Å². The fourth-order valence-electron chi connectivity index (χ4n) is 7.94. The minimum atomic E-state index is -0.179. The minimum absolute atomic E-state index is 0.00744. The van der Waals surface area contributed by atoms with Gasteiger partial charge in [-0.15, -0.1) is 0 Å². The highest BCUT2D eigenvalue weighted by Gasteiger charge is 2.24. The zero-order valence-electron chi connectivity index (χ0n) is 42.0. The molecule has 0 radical (unpaired) electrons. The summed E-state index contributed by atoms with van der Waals surface area (Å²) in [6.45, 7) is 15.0. The lowest BCUT2D eigenvalue weighted by Gasteiger charge is -2.15. The molecule has 0 aliphatic heterocycles. The molecule has 16 nitrogen and oxygen atoms in total. The van der Waals surface area contributed by atoms with Crippen LogP contribution in [0, 0.1) is 43.4 Å². The summed E-state index contributed by atoms with van der Waals surface area (Å²) in [6.07, 6.45) is 10.7. The molecule has 382 valence electrons. The Morgan fingerprint density at radius 2 is 1.01 bits per heavy atom. The highest BCUT2D eigenvalue weighted by molar-refractivity contribution is 6.06. The van der Waals surface area contributed by atoms with E-state index < -0.39 is 0 Å². The molecule has 16 heteroatoms. The summed E-state index contributed by atoms with van der Waals surface area (Å²) < 4.78 is 0. The molecule has 2 aliphatic carbocycles. The number of benzene rings is 4. The lowest BCUT2D eigenvalue weighted by molar-refractivity contribution is -0.193. The molecule has 0 bridgehead atoms. The Labute approximate surface area is 434 Å². The van der Waals surface area contributed by atoms with Gasteiger partial charge in [0.15, 0.2) is 11.6 Å². The van der Waals surface area contributed by atoms with E-state index in [0.29, 0.717) is 64.3 Å². The van der Waals surface area contributed by atoms with Crippen LogP contribution in [-0.2, 0) is 32.0 Å². The second kappa shape index (κ2) is 26.9. The van der Waals surface area contributed by atoms with Crippen molar-refractivity contribution in [2.24, 2.45) is 23.3 Å². The Morgan fingerprint density at radius 3 is 1.40 bits per heavy atom. The summed E-state index contributed by atoms with van der Waals surface area (Å²) in [7, 11) is 0. The van der Waals surface area contributed by atoms with Gasteiger partial charge in [-0.05, 0) is 127 Å². The number of nitrogens with zero attached hydrogens (tertiary/aromatic N) is 2. The molecular weight excluding hydrogens is 949 g/mol. The topological polar surface area (TPSA) is 286 Å². The van der Waals surface area contributed by atoms with Crippen LogP contribution in [0.25, 0.3) is 34.4 Å². The van der Waals surface area contributed by atoms with Gasteiger partial charge in [0.05, 0.1) is 0 Å². The number of hydrogen-bond donors (Lipinski definition) is 6. The third kappa shape index (κ3) is 16.1. The van der Waals surface area contributed by atoms with Crippen molar-refractivity contribution in [1.29, 1.82) is 10.8 Å². The van der Waals surface area contributed by atoms with Crippen LogP contribution in [0.4, 0.5) is 0 Å². The average Bonchev–Trinajstić information content (AvgIpc) is 4.35. The number of aryl methyl sites for hydroxylation is 3. The fraction of sp³-hybridized carbons (Fsp3) is 0.220. The first-order valence-electron chi connectivity index (χ1n) is 23.9. The number of carbonyl (C=O) groups is 4.